The van der Waals surface area contributed by atoms with Crippen LogP contribution in [0.15, 0.2) is 26.8 Å². The van der Waals surface area contributed by atoms with E-state index in [1.54, 1.807) is 13.1 Å². The highest BCUT2D eigenvalue weighted by atomic mass is 79.9. The van der Waals surface area contributed by atoms with Gasteiger partial charge in [0.15, 0.2) is 4.77 Å². The third-order valence-corrected chi connectivity index (χ3v) is 2.68. The van der Waals surface area contributed by atoms with Crippen LogP contribution in [-0.4, -0.2) is 18.5 Å². The fourth-order valence-corrected chi connectivity index (χ4v) is 1.40. The molecule has 0 atom stereocenters. The highest BCUT2D eigenvalue weighted by molar-refractivity contribution is 9.08. The Morgan fingerprint density at radius 3 is 2.37 bits per heavy atom. The molecule has 0 radical (unpaired) electrons. The number of nitrogens with zero attached hydrogens (tertiary/aromatic N) is 1. The topological polar surface area (TPSA) is 130 Å². The van der Waals surface area contributed by atoms with Crippen molar-refractivity contribution in [2.75, 3.05) is 5.73 Å². The number of rotatable bonds is 0. The first kappa shape index (κ1) is 15.1. The molecule has 0 spiro atoms. The number of aromatic nitrogens is 4. The van der Waals surface area contributed by atoms with E-state index in [0.29, 0.717) is 10.3 Å². The molecule has 0 fully saturated rings. The zero-order valence-electron chi connectivity index (χ0n) is 9.69. The van der Waals surface area contributed by atoms with E-state index < -0.39 is 11.2 Å². The maximum absolute atomic E-state index is 10.7. The Bertz CT molecular complexity index is 771. The summed E-state index contributed by atoms with van der Waals surface area (Å²) in [5.74, 6) is 0. The van der Waals surface area contributed by atoms with Gasteiger partial charge in [-0.25, -0.2) is 8.39 Å². The summed E-state index contributed by atoms with van der Waals surface area (Å²) < 4.78 is 1.38. The van der Waals surface area contributed by atoms with Gasteiger partial charge >= 0.3 is 5.69 Å². The zero-order chi connectivity index (χ0) is 14.6. The van der Waals surface area contributed by atoms with Crippen molar-refractivity contribution in [1.29, 1.82) is 0 Å². The molecule has 19 heavy (non-hydrogen) atoms. The smallest absolute Gasteiger partial charge is 0.338 e. The fourth-order valence-electron chi connectivity index (χ4n) is 0.939. The van der Waals surface area contributed by atoms with Crippen LogP contribution in [0.3, 0.4) is 0 Å². The second-order valence-corrected chi connectivity index (χ2v) is 4.58. The quantitative estimate of drug-likeness (QED) is 0.499. The molecule has 0 aliphatic heterocycles. The van der Waals surface area contributed by atoms with Gasteiger partial charge in [-0.2, -0.15) is 0 Å². The number of anilines is 1. The fraction of sp³-hybridized carbons (Fsp3) is 0.111. The van der Waals surface area contributed by atoms with Gasteiger partial charge in [0.2, 0.25) is 0 Å². The largest absolute Gasteiger partial charge is 0.393 e. The highest BCUT2D eigenvalue weighted by Crippen LogP contribution is 1.88. The molecule has 0 aromatic carbocycles. The first-order chi connectivity index (χ1) is 8.81. The van der Waals surface area contributed by atoms with Crippen molar-refractivity contribution < 1.29 is 0 Å². The molecule has 102 valence electrons. The molecule has 0 bridgehead atoms. The molecule has 0 unspecified atom stereocenters. The molecule has 0 amide bonds. The van der Waals surface area contributed by atoms with Crippen LogP contribution >= 0.6 is 28.4 Å². The Hall–Kier alpha value is -1.94. The molecule has 10 heteroatoms. The lowest BCUT2D eigenvalue weighted by Crippen LogP contribution is -2.26. The Morgan fingerprint density at radius 1 is 1.26 bits per heavy atom. The summed E-state index contributed by atoms with van der Waals surface area (Å²) in [6.07, 6.45) is 2.78. The molecular weight excluding hydrogens is 338 g/mol. The minimum Gasteiger partial charge on any atom is -0.393 e. The zero-order valence-corrected chi connectivity index (χ0v) is 12.1. The van der Waals surface area contributed by atoms with Crippen LogP contribution in [0.2, 0.25) is 0 Å². The number of aryl methyl sites for hydroxylation is 1. The van der Waals surface area contributed by atoms with E-state index in [2.05, 4.69) is 38.3 Å². The predicted molar refractivity (Wildman–Crippen MR) is 77.0 cm³/mol. The van der Waals surface area contributed by atoms with E-state index in [1.807, 2.05) is 4.98 Å². The average molecular weight is 348 g/mol. The number of aromatic amines is 3. The summed E-state index contributed by atoms with van der Waals surface area (Å²) in [4.78, 5) is 39.0. The van der Waals surface area contributed by atoms with Gasteiger partial charge in [-0.15, -0.1) is 0 Å². The second kappa shape index (κ2) is 6.29. The molecule has 0 aliphatic rings. The Labute approximate surface area is 119 Å². The number of hydrogen-bond donors (Lipinski definition) is 4. The monoisotopic (exact) mass is 347 g/mol. The molecule has 5 N–H and O–H groups in total. The van der Waals surface area contributed by atoms with Crippen LogP contribution in [0.4, 0.5) is 5.69 Å². The molecule has 2 rings (SSSR count). The summed E-state index contributed by atoms with van der Waals surface area (Å²) in [6, 6.07) is 0. The van der Waals surface area contributed by atoms with Gasteiger partial charge < -0.3 is 10.7 Å². The van der Waals surface area contributed by atoms with Crippen LogP contribution in [0.25, 0.3) is 0 Å². The lowest BCUT2D eigenvalue weighted by molar-refractivity contribution is 1.01. The molecule has 2 aromatic rings. The number of nitrogens with one attached hydrogen (secondary N) is 3. The van der Waals surface area contributed by atoms with Crippen LogP contribution in [0, 0.1) is 11.7 Å². The summed E-state index contributed by atoms with van der Waals surface area (Å²) in [6.45, 7) is 1.71. The number of hydrogen-bond acceptors (Lipinski definition) is 5. The molecule has 2 heterocycles. The molecule has 0 aliphatic carbocycles. The Kier molecular flexibility index (Phi) is 5.01. The van der Waals surface area contributed by atoms with Crippen molar-refractivity contribution in [3.05, 3.63) is 53.9 Å². The SMILES string of the molecule is Cc1c[nH]c(=S)[nH]c1=O.Nc1cn(Br)c(=O)[nH]c1=O. The van der Waals surface area contributed by atoms with Crippen LogP contribution in [0.5, 0.6) is 0 Å². The van der Waals surface area contributed by atoms with Crippen molar-refractivity contribution in [1.82, 2.24) is 18.5 Å². The summed E-state index contributed by atoms with van der Waals surface area (Å²) in [7, 11) is 0. The van der Waals surface area contributed by atoms with Gasteiger partial charge in [-0.1, -0.05) is 0 Å². The molecule has 0 saturated carbocycles. The van der Waals surface area contributed by atoms with Gasteiger partial charge in [0.25, 0.3) is 11.1 Å². The lowest BCUT2D eigenvalue weighted by atomic mass is 10.4. The second-order valence-electron chi connectivity index (χ2n) is 3.41. The highest BCUT2D eigenvalue weighted by Gasteiger charge is 1.96. The minimum absolute atomic E-state index is 0.00326. The van der Waals surface area contributed by atoms with Gasteiger partial charge in [-0.05, 0) is 19.1 Å². The third-order valence-electron chi connectivity index (χ3n) is 1.93. The van der Waals surface area contributed by atoms with E-state index in [1.165, 1.54) is 6.20 Å². The molecule has 2 aromatic heterocycles. The van der Waals surface area contributed by atoms with E-state index in [4.69, 9.17) is 5.73 Å². The number of nitrogens with two attached hydrogens (primary N) is 1. The standard InChI is InChI=1S/C5H6N2OS.C4H4BrN3O2/c1-3-2-6-5(9)7-4(3)8;5-8-1-2(6)3(9)7-4(8)10/h2H,1H3,(H2,6,7,8,9);1H,6H2,(H,7,9,10). The first-order valence-corrected chi connectivity index (χ1v) is 5.99. The summed E-state index contributed by atoms with van der Waals surface area (Å²) in [5, 5.41) is 0. The maximum atomic E-state index is 10.7. The van der Waals surface area contributed by atoms with Crippen LogP contribution < -0.4 is 22.5 Å². The molecule has 8 nitrogen and oxygen atoms in total. The van der Waals surface area contributed by atoms with Gasteiger partial charge in [0.1, 0.15) is 5.69 Å². The van der Waals surface area contributed by atoms with Gasteiger partial charge in [0.05, 0.1) is 16.1 Å². The normalized spacial score (nSPS) is 9.58. The van der Waals surface area contributed by atoms with Crippen LogP contribution in [0.1, 0.15) is 5.56 Å². The van der Waals surface area contributed by atoms with Crippen molar-refractivity contribution in [2.45, 2.75) is 6.92 Å². The number of H-pyrrole nitrogens is 3. The lowest BCUT2D eigenvalue weighted by Gasteiger charge is -1.92. The number of nitrogen functional groups attached to an aromatic ring is 1. The molecular formula is C9H10BrN5O3S. The minimum atomic E-state index is -0.569. The van der Waals surface area contributed by atoms with E-state index in [0.717, 1.165) is 3.59 Å². The van der Waals surface area contributed by atoms with E-state index >= 15 is 0 Å². The average Bonchev–Trinajstić information content (AvgIpc) is 2.33. The Morgan fingerprint density at radius 2 is 1.89 bits per heavy atom. The predicted octanol–water partition coefficient (Wildman–Crippen LogP) is 0.0177. The summed E-state index contributed by atoms with van der Waals surface area (Å²) >= 11 is 7.48. The van der Waals surface area contributed by atoms with Crippen LogP contribution in [-0.2, 0) is 0 Å². The third kappa shape index (κ3) is 4.34. The number of halogens is 1. The maximum Gasteiger partial charge on any atom is 0.338 e. The van der Waals surface area contributed by atoms with Crippen molar-refractivity contribution >= 4 is 34.1 Å². The van der Waals surface area contributed by atoms with E-state index in [9.17, 15) is 14.4 Å². The van der Waals surface area contributed by atoms with Gasteiger partial charge in [-0.3, -0.25) is 19.6 Å². The van der Waals surface area contributed by atoms with E-state index in [-0.39, 0.29) is 11.2 Å². The Balaban J connectivity index is 0.000000191. The van der Waals surface area contributed by atoms with Crippen molar-refractivity contribution in [3.63, 3.8) is 0 Å². The van der Waals surface area contributed by atoms with Gasteiger partial charge in [0, 0.05) is 18.0 Å². The summed E-state index contributed by atoms with van der Waals surface area (Å²) in [5.41, 5.74) is 4.56. The first-order valence-electron chi connectivity index (χ1n) is 4.87. The van der Waals surface area contributed by atoms with Crippen molar-refractivity contribution in [3.8, 4) is 0 Å². The molecule has 0 saturated heterocycles. The van der Waals surface area contributed by atoms with Crippen molar-refractivity contribution in [2.24, 2.45) is 0 Å².